The number of aromatic nitrogens is 1. The zero-order valence-corrected chi connectivity index (χ0v) is 18.5. The van der Waals surface area contributed by atoms with Crippen LogP contribution in [0.25, 0.3) is 16.9 Å². The van der Waals surface area contributed by atoms with E-state index >= 15 is 0 Å². The summed E-state index contributed by atoms with van der Waals surface area (Å²) in [6, 6.07) is 18.2. The third-order valence-electron chi connectivity index (χ3n) is 5.76. The summed E-state index contributed by atoms with van der Waals surface area (Å²) < 4.78 is 25.3. The number of amides is 1. The van der Waals surface area contributed by atoms with Crippen LogP contribution in [0.15, 0.2) is 65.6 Å². The smallest absolute Gasteiger partial charge is 0.255 e. The minimum Gasteiger partial charge on any atom is -0.336 e. The number of likely N-dealkylation sites (N-methyl/N-ethyl adjacent to an activating group) is 1. The summed E-state index contributed by atoms with van der Waals surface area (Å²) in [5, 5.41) is 5.24. The molecule has 0 radical (unpaired) electrons. The molecule has 0 unspecified atom stereocenters. The zero-order chi connectivity index (χ0) is 22.2. The Balaban J connectivity index is 1.81. The Morgan fingerprint density at radius 1 is 0.935 bits per heavy atom. The number of hydrogen-bond donors (Lipinski definition) is 1. The summed E-state index contributed by atoms with van der Waals surface area (Å²) in [6.07, 6.45) is 0. The summed E-state index contributed by atoms with van der Waals surface area (Å²) >= 11 is 0. The number of hydrogen-bond acceptors (Lipinski definition) is 4. The lowest BCUT2D eigenvalue weighted by molar-refractivity contribution is 0.0663. The molecule has 1 aromatic heterocycles. The van der Waals surface area contributed by atoms with E-state index in [4.69, 9.17) is 5.14 Å². The second-order valence-electron chi connectivity index (χ2n) is 7.86. The van der Waals surface area contributed by atoms with Gasteiger partial charge in [0.25, 0.3) is 5.91 Å². The maximum Gasteiger partial charge on any atom is 0.255 e. The van der Waals surface area contributed by atoms with Crippen molar-refractivity contribution >= 4 is 15.9 Å². The van der Waals surface area contributed by atoms with Gasteiger partial charge in [-0.05, 0) is 49.9 Å². The molecule has 0 spiro atoms. The SMILES string of the molecule is Cc1c(C(=O)N2CCN(C)CC2)cc(-c2ccccc2)n1-c1ccc(S(N)(=O)=O)cc1. The first-order valence-corrected chi connectivity index (χ1v) is 11.7. The van der Waals surface area contributed by atoms with E-state index in [1.807, 2.05) is 52.8 Å². The molecule has 2 N–H and O–H groups in total. The first-order valence-electron chi connectivity index (χ1n) is 10.1. The van der Waals surface area contributed by atoms with Crippen molar-refractivity contribution in [2.24, 2.45) is 5.14 Å². The number of carbonyl (C=O) groups is 1. The van der Waals surface area contributed by atoms with Gasteiger partial charge in [0.2, 0.25) is 10.0 Å². The Bertz CT molecular complexity index is 1190. The average molecular weight is 439 g/mol. The second kappa shape index (κ2) is 8.30. The van der Waals surface area contributed by atoms with E-state index in [0.717, 1.165) is 35.7 Å². The highest BCUT2D eigenvalue weighted by molar-refractivity contribution is 7.89. The second-order valence-corrected chi connectivity index (χ2v) is 9.43. The Labute approximate surface area is 182 Å². The molecule has 1 saturated heterocycles. The van der Waals surface area contributed by atoms with Crippen molar-refractivity contribution in [3.63, 3.8) is 0 Å². The van der Waals surface area contributed by atoms with Gasteiger partial charge >= 0.3 is 0 Å². The van der Waals surface area contributed by atoms with Gasteiger partial charge in [-0.25, -0.2) is 13.6 Å². The van der Waals surface area contributed by atoms with Crippen LogP contribution in [-0.4, -0.2) is 61.9 Å². The largest absolute Gasteiger partial charge is 0.336 e. The van der Waals surface area contributed by atoms with E-state index in [1.165, 1.54) is 12.1 Å². The van der Waals surface area contributed by atoms with Gasteiger partial charge in [-0.2, -0.15) is 0 Å². The van der Waals surface area contributed by atoms with E-state index < -0.39 is 10.0 Å². The van der Waals surface area contributed by atoms with Gasteiger partial charge in [0.15, 0.2) is 0 Å². The van der Waals surface area contributed by atoms with Crippen LogP contribution in [0.4, 0.5) is 0 Å². The van der Waals surface area contributed by atoms with Gasteiger partial charge in [0.05, 0.1) is 16.2 Å². The number of nitrogens with two attached hydrogens (primary N) is 1. The van der Waals surface area contributed by atoms with Gasteiger partial charge in [0, 0.05) is 37.6 Å². The van der Waals surface area contributed by atoms with Crippen molar-refractivity contribution in [3.05, 3.63) is 71.9 Å². The summed E-state index contributed by atoms with van der Waals surface area (Å²) in [5.41, 5.74) is 4.07. The third kappa shape index (κ3) is 4.27. The van der Waals surface area contributed by atoms with Gasteiger partial charge in [-0.3, -0.25) is 4.79 Å². The number of sulfonamides is 1. The maximum absolute atomic E-state index is 13.3. The van der Waals surface area contributed by atoms with Crippen molar-refractivity contribution in [1.29, 1.82) is 0 Å². The third-order valence-corrected chi connectivity index (χ3v) is 6.69. The van der Waals surface area contributed by atoms with Gasteiger partial charge in [0.1, 0.15) is 0 Å². The lowest BCUT2D eigenvalue weighted by Crippen LogP contribution is -2.47. The molecule has 8 heteroatoms. The predicted molar refractivity (Wildman–Crippen MR) is 121 cm³/mol. The highest BCUT2D eigenvalue weighted by atomic mass is 32.2. The van der Waals surface area contributed by atoms with E-state index in [-0.39, 0.29) is 10.8 Å². The van der Waals surface area contributed by atoms with Gasteiger partial charge < -0.3 is 14.4 Å². The van der Waals surface area contributed by atoms with Crippen molar-refractivity contribution in [3.8, 4) is 16.9 Å². The molecule has 0 atom stereocenters. The Kier molecular flexibility index (Phi) is 5.70. The lowest BCUT2D eigenvalue weighted by atomic mass is 10.1. The molecule has 0 saturated carbocycles. The molecule has 1 aliphatic heterocycles. The molecule has 1 fully saturated rings. The van der Waals surface area contributed by atoms with Crippen molar-refractivity contribution in [1.82, 2.24) is 14.4 Å². The summed E-state index contributed by atoms with van der Waals surface area (Å²) in [7, 11) is -1.72. The number of carbonyl (C=O) groups excluding carboxylic acids is 1. The molecular weight excluding hydrogens is 412 g/mol. The molecule has 2 aromatic carbocycles. The van der Waals surface area contributed by atoms with Crippen LogP contribution < -0.4 is 5.14 Å². The standard InChI is InChI=1S/C23H26N4O3S/c1-17-21(23(28)26-14-12-25(2)13-15-26)16-22(18-6-4-3-5-7-18)27(17)19-8-10-20(11-9-19)31(24,29)30/h3-11,16H,12-15H2,1-2H3,(H2,24,29,30). The lowest BCUT2D eigenvalue weighted by Gasteiger charge is -2.32. The number of piperazine rings is 1. The maximum atomic E-state index is 13.3. The number of rotatable bonds is 4. The first kappa shape index (κ1) is 21.3. The summed E-state index contributed by atoms with van der Waals surface area (Å²) in [4.78, 5) is 17.5. The Morgan fingerprint density at radius 3 is 2.13 bits per heavy atom. The van der Waals surface area contributed by atoms with E-state index in [9.17, 15) is 13.2 Å². The molecule has 0 aliphatic carbocycles. The van der Waals surface area contributed by atoms with Crippen molar-refractivity contribution < 1.29 is 13.2 Å². The van der Waals surface area contributed by atoms with Gasteiger partial charge in [-0.15, -0.1) is 0 Å². The fourth-order valence-electron chi connectivity index (χ4n) is 3.94. The number of primary sulfonamides is 1. The average Bonchev–Trinajstić information content (AvgIpc) is 3.11. The molecule has 1 amide bonds. The minimum atomic E-state index is -3.78. The highest BCUT2D eigenvalue weighted by Crippen LogP contribution is 2.30. The van der Waals surface area contributed by atoms with Crippen LogP contribution in [0.2, 0.25) is 0 Å². The van der Waals surface area contributed by atoms with Crippen molar-refractivity contribution in [2.75, 3.05) is 33.2 Å². The normalized spacial score (nSPS) is 15.3. The molecule has 2 heterocycles. The van der Waals surface area contributed by atoms with Crippen LogP contribution in [0.3, 0.4) is 0 Å². The zero-order valence-electron chi connectivity index (χ0n) is 17.7. The summed E-state index contributed by atoms with van der Waals surface area (Å²) in [6.45, 7) is 5.02. The molecule has 31 heavy (non-hydrogen) atoms. The predicted octanol–water partition coefficient (Wildman–Crippen LogP) is 2.49. The van der Waals surface area contributed by atoms with Crippen LogP contribution in [0.1, 0.15) is 16.1 Å². The molecule has 162 valence electrons. The van der Waals surface area contributed by atoms with Crippen LogP contribution in [0, 0.1) is 6.92 Å². The summed E-state index contributed by atoms with van der Waals surface area (Å²) in [5.74, 6) is 0.0164. The molecule has 1 aliphatic rings. The van der Waals surface area contributed by atoms with E-state index in [0.29, 0.717) is 18.7 Å². The van der Waals surface area contributed by atoms with E-state index in [2.05, 4.69) is 11.9 Å². The Hall–Kier alpha value is -2.94. The molecular formula is C23H26N4O3S. The first-order chi connectivity index (χ1) is 14.8. The molecule has 7 nitrogen and oxygen atoms in total. The number of nitrogens with zero attached hydrogens (tertiary/aromatic N) is 3. The Morgan fingerprint density at radius 2 is 1.55 bits per heavy atom. The fourth-order valence-corrected chi connectivity index (χ4v) is 4.46. The van der Waals surface area contributed by atoms with E-state index in [1.54, 1.807) is 12.1 Å². The van der Waals surface area contributed by atoms with Gasteiger partial charge in [-0.1, -0.05) is 30.3 Å². The quantitative estimate of drug-likeness (QED) is 0.678. The van der Waals surface area contributed by atoms with Crippen LogP contribution >= 0.6 is 0 Å². The molecule has 3 aromatic rings. The highest BCUT2D eigenvalue weighted by Gasteiger charge is 2.25. The van der Waals surface area contributed by atoms with Crippen molar-refractivity contribution in [2.45, 2.75) is 11.8 Å². The molecule has 0 bridgehead atoms. The van der Waals surface area contributed by atoms with Crippen LogP contribution in [0.5, 0.6) is 0 Å². The topological polar surface area (TPSA) is 88.6 Å². The van der Waals surface area contributed by atoms with Crippen LogP contribution in [-0.2, 0) is 10.0 Å². The fraction of sp³-hybridized carbons (Fsp3) is 0.261. The molecule has 4 rings (SSSR count). The minimum absolute atomic E-state index is 0.0164. The monoisotopic (exact) mass is 438 g/mol. The number of benzene rings is 2.